The van der Waals surface area contributed by atoms with Gasteiger partial charge in [-0.1, -0.05) is 12.7 Å². The van der Waals surface area contributed by atoms with Gasteiger partial charge in [0.15, 0.2) is 0 Å². The highest BCUT2D eigenvalue weighted by atomic mass is 15.0. The molecule has 0 atom stereocenters. The third-order valence-electron chi connectivity index (χ3n) is 1.74. The Morgan fingerprint density at radius 1 is 1.60 bits per heavy atom. The molecular weight excluding hydrogens is 124 g/mol. The summed E-state index contributed by atoms with van der Waals surface area (Å²) in [5.74, 6) is 1.01. The van der Waals surface area contributed by atoms with E-state index in [1.807, 2.05) is 31.5 Å². The van der Waals surface area contributed by atoms with E-state index in [4.69, 9.17) is 0 Å². The van der Waals surface area contributed by atoms with Crippen LogP contribution in [0.3, 0.4) is 0 Å². The SMILES string of the molecule is C=c1/c(=C/C)nc(C)n1C. The molecule has 1 aromatic heterocycles. The number of aromatic nitrogens is 2. The molecule has 0 fully saturated rings. The molecule has 0 aliphatic carbocycles. The molecule has 54 valence electrons. The maximum Gasteiger partial charge on any atom is 0.106 e. The maximum atomic E-state index is 4.27. The molecule has 0 unspecified atom stereocenters. The van der Waals surface area contributed by atoms with Gasteiger partial charge < -0.3 is 4.57 Å². The predicted molar refractivity (Wildman–Crippen MR) is 42.9 cm³/mol. The van der Waals surface area contributed by atoms with Crippen LogP contribution in [0.4, 0.5) is 0 Å². The number of hydrogen-bond donors (Lipinski definition) is 0. The molecule has 1 aromatic rings. The lowest BCUT2D eigenvalue weighted by Crippen LogP contribution is -2.26. The fourth-order valence-electron chi connectivity index (χ4n) is 0.912. The summed E-state index contributed by atoms with van der Waals surface area (Å²) in [6, 6.07) is 0. The van der Waals surface area contributed by atoms with E-state index in [0.29, 0.717) is 0 Å². The lowest BCUT2D eigenvalue weighted by atomic mass is 10.5. The van der Waals surface area contributed by atoms with Crippen LogP contribution >= 0.6 is 0 Å². The first-order chi connectivity index (χ1) is 4.66. The number of hydrogen-bond acceptors (Lipinski definition) is 1. The van der Waals surface area contributed by atoms with E-state index in [0.717, 1.165) is 16.5 Å². The van der Waals surface area contributed by atoms with Crippen LogP contribution in [-0.2, 0) is 7.05 Å². The van der Waals surface area contributed by atoms with Crippen LogP contribution in [0.2, 0.25) is 0 Å². The van der Waals surface area contributed by atoms with Crippen molar-refractivity contribution in [3.63, 3.8) is 0 Å². The van der Waals surface area contributed by atoms with Gasteiger partial charge in [0.25, 0.3) is 0 Å². The summed E-state index contributed by atoms with van der Waals surface area (Å²) in [6.07, 6.45) is 1.97. The first-order valence-electron chi connectivity index (χ1n) is 3.31. The lowest BCUT2D eigenvalue weighted by molar-refractivity contribution is 0.834. The summed E-state index contributed by atoms with van der Waals surface area (Å²) < 4.78 is 1.98. The summed E-state index contributed by atoms with van der Waals surface area (Å²) in [5.41, 5.74) is 0. The Balaban J connectivity index is 3.63. The predicted octanol–water partition coefficient (Wildman–Crippen LogP) is -0.0608. The van der Waals surface area contributed by atoms with Crippen LogP contribution in [-0.4, -0.2) is 9.55 Å². The molecule has 0 aromatic carbocycles. The van der Waals surface area contributed by atoms with Crippen LogP contribution in [0.1, 0.15) is 12.7 Å². The van der Waals surface area contributed by atoms with Gasteiger partial charge >= 0.3 is 0 Å². The van der Waals surface area contributed by atoms with Gasteiger partial charge in [-0.3, -0.25) is 0 Å². The van der Waals surface area contributed by atoms with Crippen molar-refractivity contribution in [3.8, 4) is 0 Å². The van der Waals surface area contributed by atoms with E-state index in [2.05, 4.69) is 11.6 Å². The Labute approximate surface area is 60.5 Å². The van der Waals surface area contributed by atoms with E-state index in [1.54, 1.807) is 0 Å². The van der Waals surface area contributed by atoms with Crippen molar-refractivity contribution in [1.82, 2.24) is 9.55 Å². The quantitative estimate of drug-likeness (QED) is 0.488. The summed E-state index contributed by atoms with van der Waals surface area (Å²) in [7, 11) is 1.97. The molecule has 2 nitrogen and oxygen atoms in total. The van der Waals surface area contributed by atoms with Crippen LogP contribution < -0.4 is 10.7 Å². The van der Waals surface area contributed by atoms with E-state index >= 15 is 0 Å². The first kappa shape index (κ1) is 7.06. The Morgan fingerprint density at radius 2 is 2.20 bits per heavy atom. The topological polar surface area (TPSA) is 17.8 Å². The highest BCUT2D eigenvalue weighted by Crippen LogP contribution is 1.77. The number of aryl methyl sites for hydroxylation is 1. The Kier molecular flexibility index (Phi) is 1.62. The second-order valence-corrected chi connectivity index (χ2v) is 2.34. The molecule has 0 saturated carbocycles. The average molecular weight is 136 g/mol. The molecule has 0 N–H and O–H groups in total. The number of nitrogens with zero attached hydrogens (tertiary/aromatic N) is 2. The van der Waals surface area contributed by atoms with Crippen LogP contribution in [0.5, 0.6) is 0 Å². The van der Waals surface area contributed by atoms with Gasteiger partial charge in [-0.2, -0.15) is 0 Å². The second kappa shape index (κ2) is 2.29. The zero-order valence-corrected chi connectivity index (χ0v) is 6.68. The van der Waals surface area contributed by atoms with Crippen molar-refractivity contribution in [2.24, 2.45) is 7.05 Å². The van der Waals surface area contributed by atoms with Crippen molar-refractivity contribution < 1.29 is 0 Å². The molecule has 0 aliphatic rings. The van der Waals surface area contributed by atoms with Gasteiger partial charge in [-0.25, -0.2) is 4.98 Å². The molecule has 0 saturated heterocycles. The highest BCUT2D eigenvalue weighted by Gasteiger charge is 1.93. The van der Waals surface area contributed by atoms with E-state index < -0.39 is 0 Å². The minimum atomic E-state index is 0.986. The highest BCUT2D eigenvalue weighted by molar-refractivity contribution is 5.17. The third-order valence-corrected chi connectivity index (χ3v) is 1.74. The summed E-state index contributed by atoms with van der Waals surface area (Å²) >= 11 is 0. The van der Waals surface area contributed by atoms with Crippen LogP contribution in [0.25, 0.3) is 12.7 Å². The van der Waals surface area contributed by atoms with Crippen molar-refractivity contribution in [3.05, 3.63) is 16.5 Å². The van der Waals surface area contributed by atoms with Gasteiger partial charge in [-0.15, -0.1) is 0 Å². The van der Waals surface area contributed by atoms with Gasteiger partial charge in [0.05, 0.1) is 10.7 Å². The van der Waals surface area contributed by atoms with Crippen LogP contribution in [0.15, 0.2) is 0 Å². The molecule has 10 heavy (non-hydrogen) atoms. The number of imidazole rings is 1. The van der Waals surface area contributed by atoms with E-state index in [9.17, 15) is 0 Å². The molecular formula is C8H12N2. The van der Waals surface area contributed by atoms with Gasteiger partial charge in [0, 0.05) is 7.05 Å². The van der Waals surface area contributed by atoms with Crippen molar-refractivity contribution >= 4 is 12.7 Å². The zero-order chi connectivity index (χ0) is 7.72. The number of rotatable bonds is 0. The van der Waals surface area contributed by atoms with Crippen LogP contribution in [0, 0.1) is 6.92 Å². The normalized spacial score (nSPS) is 12.5. The summed E-state index contributed by atoms with van der Waals surface area (Å²) in [4.78, 5) is 4.27. The largest absolute Gasteiger partial charge is 0.332 e. The van der Waals surface area contributed by atoms with E-state index in [1.165, 1.54) is 0 Å². The third kappa shape index (κ3) is 0.856. The molecule has 0 spiro atoms. The molecule has 0 bridgehead atoms. The fraction of sp³-hybridized carbons (Fsp3) is 0.375. The van der Waals surface area contributed by atoms with Gasteiger partial charge in [0.2, 0.25) is 0 Å². The minimum absolute atomic E-state index is 0.986. The van der Waals surface area contributed by atoms with E-state index in [-0.39, 0.29) is 0 Å². The van der Waals surface area contributed by atoms with Crippen molar-refractivity contribution in [2.45, 2.75) is 13.8 Å². The summed E-state index contributed by atoms with van der Waals surface area (Å²) in [5, 5.41) is 1.97. The maximum absolute atomic E-state index is 4.27. The van der Waals surface area contributed by atoms with Gasteiger partial charge in [-0.05, 0) is 13.8 Å². The monoisotopic (exact) mass is 136 g/mol. The molecule has 1 rings (SSSR count). The Morgan fingerprint density at radius 3 is 2.40 bits per heavy atom. The lowest BCUT2D eigenvalue weighted by Gasteiger charge is -1.89. The standard InChI is InChI=1S/C8H12N2/c1-5-8-6(2)10(4)7(3)9-8/h5H,2H2,1,3-4H3/b8-5-. The van der Waals surface area contributed by atoms with Crippen molar-refractivity contribution in [2.75, 3.05) is 0 Å². The smallest absolute Gasteiger partial charge is 0.106 e. The summed E-state index contributed by atoms with van der Waals surface area (Å²) in [6.45, 7) is 7.82. The second-order valence-electron chi connectivity index (χ2n) is 2.34. The average Bonchev–Trinajstić information content (AvgIpc) is 2.17. The molecule has 0 radical (unpaired) electrons. The Hall–Kier alpha value is -1.05. The zero-order valence-electron chi connectivity index (χ0n) is 6.68. The molecule has 2 heteroatoms. The minimum Gasteiger partial charge on any atom is -0.332 e. The van der Waals surface area contributed by atoms with Gasteiger partial charge in [0.1, 0.15) is 5.82 Å². The molecule has 1 heterocycles. The molecule has 0 aliphatic heterocycles. The first-order valence-corrected chi connectivity index (χ1v) is 3.31. The van der Waals surface area contributed by atoms with Crippen molar-refractivity contribution in [1.29, 1.82) is 0 Å². The Bertz CT molecular complexity index is 333. The molecule has 0 amide bonds. The fourth-order valence-corrected chi connectivity index (χ4v) is 0.912.